The van der Waals surface area contributed by atoms with Crippen LogP contribution in [0.25, 0.3) is 15.9 Å². The Morgan fingerprint density at radius 3 is 2.86 bits per heavy atom. The molecule has 4 aromatic rings. The lowest BCUT2D eigenvalue weighted by Crippen LogP contribution is -2.14. The number of thiazole rings is 1. The molecule has 0 aliphatic carbocycles. The van der Waals surface area contributed by atoms with Crippen molar-refractivity contribution in [2.24, 2.45) is 0 Å². The van der Waals surface area contributed by atoms with E-state index in [1.54, 1.807) is 11.8 Å². The molecule has 0 aliphatic rings. The van der Waals surface area contributed by atoms with E-state index in [-0.39, 0.29) is 11.7 Å². The molecule has 0 unspecified atom stereocenters. The number of fused-ring (bicyclic) bond motifs is 1. The molecule has 10 heteroatoms. The van der Waals surface area contributed by atoms with Gasteiger partial charge in [0.2, 0.25) is 11.1 Å². The number of aryl methyl sites for hydroxylation is 1. The van der Waals surface area contributed by atoms with Crippen LogP contribution in [0.5, 0.6) is 5.75 Å². The molecule has 2 aromatic heterocycles. The van der Waals surface area contributed by atoms with Crippen molar-refractivity contribution >= 4 is 44.4 Å². The lowest BCUT2D eigenvalue weighted by Gasteiger charge is -2.04. The minimum Gasteiger partial charge on any atom is -0.497 e. The number of carbonyl (C=O) groups is 1. The first-order chi connectivity index (χ1) is 13.6. The molecule has 0 saturated carbocycles. The molecule has 0 aliphatic heterocycles. The second-order valence-corrected chi connectivity index (χ2v) is 7.87. The van der Waals surface area contributed by atoms with Crippen molar-refractivity contribution in [2.45, 2.75) is 12.1 Å². The van der Waals surface area contributed by atoms with Crippen LogP contribution in [0.15, 0.2) is 47.6 Å². The van der Waals surface area contributed by atoms with E-state index in [1.165, 1.54) is 23.1 Å². The first-order valence-electron chi connectivity index (χ1n) is 8.35. The number of ether oxygens (including phenoxy) is 1. The van der Waals surface area contributed by atoms with Gasteiger partial charge in [-0.3, -0.25) is 4.79 Å². The van der Waals surface area contributed by atoms with E-state index in [2.05, 4.69) is 25.8 Å². The summed E-state index contributed by atoms with van der Waals surface area (Å²) in [6.45, 7) is 2.02. The Balaban J connectivity index is 1.41. The van der Waals surface area contributed by atoms with E-state index in [0.717, 1.165) is 27.2 Å². The highest BCUT2D eigenvalue weighted by Gasteiger charge is 2.13. The molecule has 1 amide bonds. The lowest BCUT2D eigenvalue weighted by atomic mass is 10.2. The van der Waals surface area contributed by atoms with Crippen LogP contribution in [0, 0.1) is 6.92 Å². The molecule has 0 bridgehead atoms. The predicted molar refractivity (Wildman–Crippen MR) is 109 cm³/mol. The molecule has 142 valence electrons. The second kappa shape index (κ2) is 7.95. The highest BCUT2D eigenvalue weighted by atomic mass is 32.2. The van der Waals surface area contributed by atoms with E-state index in [1.807, 2.05) is 49.4 Å². The van der Waals surface area contributed by atoms with Crippen molar-refractivity contribution in [2.75, 3.05) is 18.2 Å². The van der Waals surface area contributed by atoms with Crippen LogP contribution in [0.1, 0.15) is 5.56 Å². The average Bonchev–Trinajstić information content (AvgIpc) is 3.32. The molecule has 4 rings (SSSR count). The van der Waals surface area contributed by atoms with Crippen molar-refractivity contribution in [1.29, 1.82) is 0 Å². The maximum atomic E-state index is 12.3. The Kier molecular flexibility index (Phi) is 5.22. The van der Waals surface area contributed by atoms with Gasteiger partial charge in [-0.05, 0) is 47.7 Å². The number of thioether (sulfide) groups is 1. The molecule has 0 fully saturated rings. The van der Waals surface area contributed by atoms with Gasteiger partial charge in [0.15, 0.2) is 5.13 Å². The Labute approximate surface area is 168 Å². The van der Waals surface area contributed by atoms with Gasteiger partial charge >= 0.3 is 0 Å². The monoisotopic (exact) mass is 412 g/mol. The summed E-state index contributed by atoms with van der Waals surface area (Å²) in [4.78, 5) is 16.8. The quantitative estimate of drug-likeness (QED) is 0.485. The van der Waals surface area contributed by atoms with Gasteiger partial charge in [-0.1, -0.05) is 40.8 Å². The Hall–Kier alpha value is -2.98. The van der Waals surface area contributed by atoms with Gasteiger partial charge in [-0.15, -0.1) is 5.10 Å². The topological polar surface area (TPSA) is 94.8 Å². The number of methoxy groups -OCH3 is 1. The van der Waals surface area contributed by atoms with Gasteiger partial charge < -0.3 is 10.1 Å². The summed E-state index contributed by atoms with van der Waals surface area (Å²) in [6, 6.07) is 13.4. The van der Waals surface area contributed by atoms with Crippen molar-refractivity contribution in [3.63, 3.8) is 0 Å². The Morgan fingerprint density at radius 2 is 2.07 bits per heavy atom. The Bertz CT molecular complexity index is 1120. The SMILES string of the molecule is COc1ccc2nc(NC(=O)CSc3nnnn3-c3ccc(C)cc3)sc2c1. The van der Waals surface area contributed by atoms with E-state index in [0.29, 0.717) is 10.3 Å². The third-order valence-electron chi connectivity index (χ3n) is 3.89. The van der Waals surface area contributed by atoms with Gasteiger partial charge in [-0.25, -0.2) is 4.98 Å². The average molecular weight is 413 g/mol. The highest BCUT2D eigenvalue weighted by Crippen LogP contribution is 2.29. The fraction of sp³-hybridized carbons (Fsp3) is 0.167. The summed E-state index contributed by atoms with van der Waals surface area (Å²) in [6.07, 6.45) is 0. The van der Waals surface area contributed by atoms with Crippen LogP contribution in [0.4, 0.5) is 5.13 Å². The van der Waals surface area contributed by atoms with Gasteiger partial charge in [0.1, 0.15) is 5.75 Å². The number of aromatic nitrogens is 5. The molecule has 0 saturated heterocycles. The first kappa shape index (κ1) is 18.4. The molecule has 0 radical (unpaired) electrons. The van der Waals surface area contributed by atoms with Gasteiger partial charge in [0, 0.05) is 0 Å². The summed E-state index contributed by atoms with van der Waals surface area (Å²) >= 11 is 2.67. The number of tetrazole rings is 1. The molecule has 2 aromatic carbocycles. The largest absolute Gasteiger partial charge is 0.497 e. The van der Waals surface area contributed by atoms with Crippen molar-refractivity contribution in [3.8, 4) is 11.4 Å². The van der Waals surface area contributed by atoms with Crippen molar-refractivity contribution in [1.82, 2.24) is 25.2 Å². The fourth-order valence-corrected chi connectivity index (χ4v) is 4.09. The van der Waals surface area contributed by atoms with Crippen LogP contribution in [-0.4, -0.2) is 44.0 Å². The number of carbonyl (C=O) groups excluding carboxylic acids is 1. The smallest absolute Gasteiger partial charge is 0.236 e. The molecular weight excluding hydrogens is 396 g/mol. The molecule has 2 heterocycles. The Morgan fingerprint density at radius 1 is 1.25 bits per heavy atom. The second-order valence-electron chi connectivity index (χ2n) is 5.90. The van der Waals surface area contributed by atoms with Crippen molar-refractivity contribution < 1.29 is 9.53 Å². The zero-order valence-electron chi connectivity index (χ0n) is 15.1. The van der Waals surface area contributed by atoms with Crippen LogP contribution in [0.2, 0.25) is 0 Å². The molecule has 8 nitrogen and oxygen atoms in total. The third-order valence-corrected chi connectivity index (χ3v) is 5.75. The standard InChI is InChI=1S/C18H16N6O2S2/c1-11-3-5-12(6-4-11)24-18(21-22-23-24)27-10-16(25)20-17-19-14-8-7-13(26-2)9-15(14)28-17/h3-9H,10H2,1-2H3,(H,19,20,25). The molecule has 28 heavy (non-hydrogen) atoms. The minimum atomic E-state index is -0.172. The van der Waals surface area contributed by atoms with E-state index in [9.17, 15) is 4.79 Å². The number of nitrogens with one attached hydrogen (secondary N) is 1. The zero-order valence-corrected chi connectivity index (χ0v) is 16.8. The number of rotatable bonds is 6. The van der Waals surface area contributed by atoms with Crippen LogP contribution < -0.4 is 10.1 Å². The number of anilines is 1. The number of amides is 1. The predicted octanol–water partition coefficient (Wildman–Crippen LogP) is 3.32. The summed E-state index contributed by atoms with van der Waals surface area (Å²) in [7, 11) is 1.62. The maximum absolute atomic E-state index is 12.3. The normalized spacial score (nSPS) is 10.9. The fourth-order valence-electron chi connectivity index (χ4n) is 2.49. The van der Waals surface area contributed by atoms with E-state index in [4.69, 9.17) is 4.74 Å². The van der Waals surface area contributed by atoms with E-state index < -0.39 is 0 Å². The summed E-state index contributed by atoms with van der Waals surface area (Å²) < 4.78 is 7.78. The van der Waals surface area contributed by atoms with Crippen LogP contribution in [0.3, 0.4) is 0 Å². The number of hydrogen-bond donors (Lipinski definition) is 1. The van der Waals surface area contributed by atoms with E-state index >= 15 is 0 Å². The summed E-state index contributed by atoms with van der Waals surface area (Å²) in [5.74, 6) is 0.757. The number of benzene rings is 2. The molecule has 0 atom stereocenters. The third kappa shape index (κ3) is 3.97. The van der Waals surface area contributed by atoms with Gasteiger partial charge in [-0.2, -0.15) is 4.68 Å². The van der Waals surface area contributed by atoms with Crippen LogP contribution in [-0.2, 0) is 4.79 Å². The summed E-state index contributed by atoms with van der Waals surface area (Å²) in [5, 5.41) is 15.7. The van der Waals surface area contributed by atoms with Gasteiger partial charge in [0.05, 0.1) is 28.8 Å². The minimum absolute atomic E-state index is 0.172. The lowest BCUT2D eigenvalue weighted by molar-refractivity contribution is -0.113. The highest BCUT2D eigenvalue weighted by molar-refractivity contribution is 7.99. The maximum Gasteiger partial charge on any atom is 0.236 e. The van der Waals surface area contributed by atoms with Crippen LogP contribution >= 0.6 is 23.1 Å². The molecule has 0 spiro atoms. The van der Waals surface area contributed by atoms with Crippen molar-refractivity contribution in [3.05, 3.63) is 48.0 Å². The van der Waals surface area contributed by atoms with Gasteiger partial charge in [0.25, 0.3) is 0 Å². The zero-order chi connectivity index (χ0) is 19.5. The summed E-state index contributed by atoms with van der Waals surface area (Å²) in [5.41, 5.74) is 2.81. The number of nitrogens with zero attached hydrogens (tertiary/aromatic N) is 5. The first-order valence-corrected chi connectivity index (χ1v) is 10.2. The number of hydrogen-bond acceptors (Lipinski definition) is 8. The molecular formula is C18H16N6O2S2. The molecule has 1 N–H and O–H groups in total.